The first-order valence-electron chi connectivity index (χ1n) is 9.15. The minimum absolute atomic E-state index is 0.387. The van der Waals surface area contributed by atoms with Crippen LogP contribution in [0, 0.1) is 0 Å². The van der Waals surface area contributed by atoms with Gasteiger partial charge in [-0.15, -0.1) is 0 Å². The van der Waals surface area contributed by atoms with E-state index in [-0.39, 0.29) is 0 Å². The number of ether oxygens (including phenoxy) is 2. The first kappa shape index (κ1) is 22.4. The van der Waals surface area contributed by atoms with Crippen molar-refractivity contribution >= 4 is 11.9 Å². The van der Waals surface area contributed by atoms with Gasteiger partial charge >= 0.3 is 11.9 Å². The van der Waals surface area contributed by atoms with Crippen LogP contribution in [-0.4, -0.2) is 36.2 Å². The largest absolute Gasteiger partial charge is 0.466 e. The molecule has 0 saturated carbocycles. The molecule has 0 aliphatic rings. The fraction of sp³-hybridized carbons (Fsp3) is 0.182. The molecule has 0 amide bonds. The van der Waals surface area contributed by atoms with Gasteiger partial charge in [0.05, 0.1) is 27.3 Å². The molecule has 30 heavy (non-hydrogen) atoms. The van der Waals surface area contributed by atoms with Crippen LogP contribution in [0.25, 0.3) is 0 Å². The molecule has 0 aliphatic carbocycles. The van der Waals surface area contributed by atoms with E-state index < -0.39 is 11.9 Å². The number of carbonyl (C=O) groups is 2. The Hall–Kier alpha value is -3.94. The van der Waals surface area contributed by atoms with Crippen molar-refractivity contribution in [2.45, 2.75) is 13.1 Å². The van der Waals surface area contributed by atoms with E-state index in [2.05, 4.69) is 19.9 Å². The molecule has 0 saturated heterocycles. The van der Waals surface area contributed by atoms with Gasteiger partial charge in [-0.1, -0.05) is 60.7 Å². The average Bonchev–Trinajstić information content (AvgIpc) is 2.79. The number of hydrogen-bond donors (Lipinski definition) is 0. The Bertz CT molecular complexity index is 809. The van der Waals surface area contributed by atoms with Crippen molar-refractivity contribution in [2.24, 2.45) is 10.4 Å². The van der Waals surface area contributed by atoms with Crippen LogP contribution in [0.2, 0.25) is 0 Å². The average molecular weight is 408 g/mol. The summed E-state index contributed by atoms with van der Waals surface area (Å²) in [5.74, 6) is -1.01. The second-order valence-electron chi connectivity index (χ2n) is 6.02. The van der Waals surface area contributed by atoms with Gasteiger partial charge in [0.1, 0.15) is 0 Å². The molecule has 0 aromatic heterocycles. The fourth-order valence-electron chi connectivity index (χ4n) is 2.30. The first-order valence-corrected chi connectivity index (χ1v) is 9.15. The Labute approximate surface area is 175 Å². The molecule has 0 radical (unpaired) electrons. The topological polar surface area (TPSA) is 83.8 Å². The van der Waals surface area contributed by atoms with Gasteiger partial charge in [0.25, 0.3) is 0 Å². The van der Waals surface area contributed by atoms with Crippen molar-refractivity contribution in [1.82, 2.24) is 10.0 Å². The zero-order valence-corrected chi connectivity index (χ0v) is 16.9. The second kappa shape index (κ2) is 12.5. The summed E-state index contributed by atoms with van der Waals surface area (Å²) in [6.07, 6.45) is 5.47. The number of nitrogens with zero attached hydrogens (tertiary/aromatic N) is 4. The molecule has 156 valence electrons. The van der Waals surface area contributed by atoms with Gasteiger partial charge in [0, 0.05) is 24.6 Å². The van der Waals surface area contributed by atoms with E-state index in [1.54, 1.807) is 0 Å². The van der Waals surface area contributed by atoms with Crippen molar-refractivity contribution in [2.75, 3.05) is 14.2 Å². The SMILES string of the molecule is COC(=O)/C=C/N(Cc1ccccc1)/N=N/N(/C=C/C(=O)OC)Cc1ccccc1. The zero-order chi connectivity index (χ0) is 21.6. The summed E-state index contributed by atoms with van der Waals surface area (Å²) in [4.78, 5) is 23.0. The molecule has 2 aromatic rings. The quantitative estimate of drug-likeness (QED) is 0.258. The number of hydrogen-bond acceptors (Lipinski definition) is 6. The molecule has 0 N–H and O–H groups in total. The molecule has 8 nitrogen and oxygen atoms in total. The fourth-order valence-corrected chi connectivity index (χ4v) is 2.30. The Morgan fingerprint density at radius 1 is 0.733 bits per heavy atom. The van der Waals surface area contributed by atoms with E-state index in [0.29, 0.717) is 13.1 Å². The van der Waals surface area contributed by atoms with Gasteiger partial charge in [-0.3, -0.25) is 0 Å². The normalized spacial score (nSPS) is 11.1. The number of benzene rings is 2. The molecule has 2 rings (SSSR count). The molecule has 0 fully saturated rings. The molecule has 2 aromatic carbocycles. The van der Waals surface area contributed by atoms with E-state index in [4.69, 9.17) is 0 Å². The Morgan fingerprint density at radius 3 is 1.43 bits per heavy atom. The number of methoxy groups -OCH3 is 2. The molecule has 0 atom stereocenters. The Kier molecular flexibility index (Phi) is 9.32. The van der Waals surface area contributed by atoms with Crippen LogP contribution in [0.1, 0.15) is 11.1 Å². The molecule has 0 aliphatic heterocycles. The van der Waals surface area contributed by atoms with E-state index in [0.717, 1.165) is 11.1 Å². The summed E-state index contributed by atoms with van der Waals surface area (Å²) in [6.45, 7) is 0.773. The van der Waals surface area contributed by atoms with Crippen LogP contribution >= 0.6 is 0 Å². The molecule has 0 spiro atoms. The highest BCUT2D eigenvalue weighted by Crippen LogP contribution is 2.10. The lowest BCUT2D eigenvalue weighted by Crippen LogP contribution is -2.14. The van der Waals surface area contributed by atoms with Gasteiger partial charge in [0.2, 0.25) is 0 Å². The summed E-state index contributed by atoms with van der Waals surface area (Å²) < 4.78 is 9.27. The van der Waals surface area contributed by atoms with Crippen molar-refractivity contribution in [1.29, 1.82) is 0 Å². The lowest BCUT2D eigenvalue weighted by molar-refractivity contribution is -0.135. The minimum Gasteiger partial charge on any atom is -0.466 e. The maximum Gasteiger partial charge on any atom is 0.332 e. The summed E-state index contributed by atoms with van der Waals surface area (Å²) in [5.41, 5.74) is 1.95. The van der Waals surface area contributed by atoms with Crippen LogP contribution in [0.15, 0.2) is 95.7 Å². The molecule has 0 heterocycles. The third-order valence-corrected chi connectivity index (χ3v) is 3.81. The van der Waals surface area contributed by atoms with Gasteiger partial charge in [-0.25, -0.2) is 19.6 Å². The van der Waals surface area contributed by atoms with Gasteiger partial charge in [-0.2, -0.15) is 0 Å². The molecule has 8 heteroatoms. The summed E-state index contributed by atoms with van der Waals surface area (Å²) in [7, 11) is 2.60. The summed E-state index contributed by atoms with van der Waals surface area (Å²) >= 11 is 0. The lowest BCUT2D eigenvalue weighted by atomic mass is 10.2. The van der Waals surface area contributed by atoms with Gasteiger partial charge in [0.15, 0.2) is 0 Å². The van der Waals surface area contributed by atoms with E-state index >= 15 is 0 Å². The smallest absolute Gasteiger partial charge is 0.332 e. The predicted molar refractivity (Wildman–Crippen MR) is 111 cm³/mol. The van der Waals surface area contributed by atoms with Crippen molar-refractivity contribution < 1.29 is 19.1 Å². The van der Waals surface area contributed by atoms with E-state index in [9.17, 15) is 9.59 Å². The molecular weight excluding hydrogens is 384 g/mol. The van der Waals surface area contributed by atoms with Crippen LogP contribution < -0.4 is 0 Å². The number of rotatable bonds is 10. The highest BCUT2D eigenvalue weighted by molar-refractivity contribution is 5.81. The zero-order valence-electron chi connectivity index (χ0n) is 16.9. The number of esters is 2. The van der Waals surface area contributed by atoms with Gasteiger partial charge in [-0.05, 0) is 21.6 Å². The monoisotopic (exact) mass is 408 g/mol. The minimum atomic E-state index is -0.505. The first-order chi connectivity index (χ1) is 14.6. The Balaban J connectivity index is 2.21. The second-order valence-corrected chi connectivity index (χ2v) is 6.02. The van der Waals surface area contributed by atoms with Crippen molar-refractivity contribution in [3.63, 3.8) is 0 Å². The highest BCUT2D eigenvalue weighted by atomic mass is 16.5. The van der Waals surface area contributed by atoms with Gasteiger partial charge < -0.3 is 9.47 Å². The number of carbonyl (C=O) groups excluding carboxylic acids is 2. The third kappa shape index (κ3) is 8.39. The van der Waals surface area contributed by atoms with E-state index in [1.165, 1.54) is 48.8 Å². The van der Waals surface area contributed by atoms with Crippen LogP contribution in [-0.2, 0) is 32.2 Å². The predicted octanol–water partition coefficient (Wildman–Crippen LogP) is 3.65. The molecule has 0 bridgehead atoms. The van der Waals surface area contributed by atoms with Crippen LogP contribution in [0.5, 0.6) is 0 Å². The maximum absolute atomic E-state index is 11.5. The Morgan fingerprint density at radius 2 is 1.10 bits per heavy atom. The lowest BCUT2D eigenvalue weighted by Gasteiger charge is -2.16. The molecule has 0 unspecified atom stereocenters. The van der Waals surface area contributed by atoms with Crippen LogP contribution in [0.4, 0.5) is 0 Å². The third-order valence-electron chi connectivity index (χ3n) is 3.81. The molecular formula is C22H24N4O4. The van der Waals surface area contributed by atoms with Crippen molar-refractivity contribution in [3.8, 4) is 0 Å². The van der Waals surface area contributed by atoms with E-state index in [1.807, 2.05) is 60.7 Å². The summed E-state index contributed by atoms with van der Waals surface area (Å²) in [6, 6.07) is 19.2. The maximum atomic E-state index is 11.5. The standard InChI is InChI=1S/C22H24N4O4/c1-29-21(27)13-15-25(17-19-9-5-3-6-10-19)23-24-26(16-14-22(28)30-2)18-20-11-7-4-8-12-20/h3-16H,17-18H2,1-2H3/b15-13+,16-14+,24-23+. The van der Waals surface area contributed by atoms with Crippen molar-refractivity contribution in [3.05, 3.63) is 96.3 Å². The van der Waals surface area contributed by atoms with Crippen LogP contribution in [0.3, 0.4) is 0 Å². The highest BCUT2D eigenvalue weighted by Gasteiger charge is 2.05. The summed E-state index contributed by atoms with van der Waals surface area (Å²) in [5, 5.41) is 11.4.